The van der Waals surface area contributed by atoms with Crippen LogP contribution in [-0.2, 0) is 13.2 Å². The Balaban J connectivity index is 1.43. The minimum absolute atomic E-state index is 0.250. The maximum absolute atomic E-state index is 12.8. The Morgan fingerprint density at radius 2 is 1.76 bits per heavy atom. The van der Waals surface area contributed by atoms with Crippen LogP contribution in [0.2, 0.25) is 10.0 Å². The fourth-order valence-corrected chi connectivity index (χ4v) is 4.17. The molecule has 33 heavy (non-hydrogen) atoms. The van der Waals surface area contributed by atoms with Crippen molar-refractivity contribution in [2.45, 2.75) is 20.1 Å². The summed E-state index contributed by atoms with van der Waals surface area (Å²) in [5.41, 5.74) is 3.06. The Bertz CT molecular complexity index is 1290. The third kappa shape index (κ3) is 5.96. The van der Waals surface area contributed by atoms with E-state index < -0.39 is 0 Å². The maximum atomic E-state index is 12.8. The lowest BCUT2D eigenvalue weighted by Crippen LogP contribution is -2.13. The van der Waals surface area contributed by atoms with Crippen LogP contribution in [0.5, 0.6) is 5.75 Å². The molecule has 0 radical (unpaired) electrons. The zero-order chi connectivity index (χ0) is 23.4. The Kier molecular flexibility index (Phi) is 7.38. The second kappa shape index (κ2) is 10.4. The summed E-state index contributed by atoms with van der Waals surface area (Å²) < 4.78 is 8.52. The highest BCUT2D eigenvalue weighted by Crippen LogP contribution is 2.26. The number of rotatable bonds is 7. The van der Waals surface area contributed by atoms with Crippen molar-refractivity contribution in [3.63, 3.8) is 0 Å². The van der Waals surface area contributed by atoms with Crippen LogP contribution >= 0.6 is 39.1 Å². The van der Waals surface area contributed by atoms with E-state index in [9.17, 15) is 4.79 Å². The van der Waals surface area contributed by atoms with Crippen molar-refractivity contribution in [1.29, 1.82) is 0 Å². The molecule has 168 valence electrons. The third-order valence-corrected chi connectivity index (χ3v) is 6.18. The molecule has 1 N–H and O–H groups in total. The molecule has 1 heterocycles. The number of hydrogen-bond donors (Lipinski definition) is 1. The van der Waals surface area contributed by atoms with E-state index in [0.717, 1.165) is 27.0 Å². The van der Waals surface area contributed by atoms with Crippen LogP contribution in [0, 0.1) is 6.92 Å². The van der Waals surface area contributed by atoms with Crippen LogP contribution in [0.4, 0.5) is 5.82 Å². The van der Waals surface area contributed by atoms with Gasteiger partial charge < -0.3 is 10.1 Å². The van der Waals surface area contributed by atoms with Crippen LogP contribution < -0.4 is 10.1 Å². The Morgan fingerprint density at radius 3 is 2.52 bits per heavy atom. The Hall–Kier alpha value is -2.80. The number of halogens is 3. The minimum Gasteiger partial charge on any atom is -0.489 e. The number of nitrogens with one attached hydrogen (secondary N) is 1. The number of nitrogens with zero attached hydrogens (tertiary/aromatic N) is 2. The summed E-state index contributed by atoms with van der Waals surface area (Å²) >= 11 is 16.0. The zero-order valence-electron chi connectivity index (χ0n) is 17.7. The van der Waals surface area contributed by atoms with Gasteiger partial charge in [-0.15, -0.1) is 0 Å². The van der Waals surface area contributed by atoms with Crippen molar-refractivity contribution in [2.75, 3.05) is 5.32 Å². The van der Waals surface area contributed by atoms with E-state index in [2.05, 4.69) is 26.3 Å². The summed E-state index contributed by atoms with van der Waals surface area (Å²) in [4.78, 5) is 12.8. The van der Waals surface area contributed by atoms with Crippen LogP contribution in [0.15, 0.2) is 77.3 Å². The van der Waals surface area contributed by atoms with E-state index in [0.29, 0.717) is 34.6 Å². The molecule has 0 atom stereocenters. The molecule has 0 saturated carbocycles. The first kappa shape index (κ1) is 23.4. The van der Waals surface area contributed by atoms with Crippen molar-refractivity contribution in [1.82, 2.24) is 9.78 Å². The molecule has 4 rings (SSSR count). The fourth-order valence-electron chi connectivity index (χ4n) is 3.28. The molecule has 0 aliphatic carbocycles. The van der Waals surface area contributed by atoms with Crippen LogP contribution in [-0.4, -0.2) is 15.7 Å². The van der Waals surface area contributed by atoms with E-state index in [1.807, 2.05) is 49.4 Å². The second-order valence-corrected chi connectivity index (χ2v) is 9.16. The van der Waals surface area contributed by atoms with Gasteiger partial charge in [0.2, 0.25) is 0 Å². The molecule has 8 heteroatoms. The molecule has 5 nitrogen and oxygen atoms in total. The maximum Gasteiger partial charge on any atom is 0.256 e. The predicted octanol–water partition coefficient (Wildman–Crippen LogP) is 7.14. The third-order valence-electron chi connectivity index (χ3n) is 4.98. The molecule has 0 spiro atoms. The van der Waals surface area contributed by atoms with Gasteiger partial charge >= 0.3 is 0 Å². The average molecular weight is 545 g/mol. The largest absolute Gasteiger partial charge is 0.489 e. The van der Waals surface area contributed by atoms with Crippen LogP contribution in [0.25, 0.3) is 0 Å². The zero-order valence-corrected chi connectivity index (χ0v) is 20.8. The lowest BCUT2D eigenvalue weighted by Gasteiger charge is -2.09. The normalized spacial score (nSPS) is 10.8. The summed E-state index contributed by atoms with van der Waals surface area (Å²) in [5, 5.41) is 8.50. The average Bonchev–Trinajstić information content (AvgIpc) is 3.13. The van der Waals surface area contributed by atoms with Crippen LogP contribution in [0.1, 0.15) is 27.2 Å². The summed E-state index contributed by atoms with van der Waals surface area (Å²) in [5.74, 6) is 0.954. The molecule has 0 fully saturated rings. The lowest BCUT2D eigenvalue weighted by atomic mass is 10.1. The number of amides is 1. The van der Waals surface area contributed by atoms with Gasteiger partial charge in [0.05, 0.1) is 6.54 Å². The molecule has 3 aromatic carbocycles. The number of benzene rings is 3. The van der Waals surface area contributed by atoms with E-state index >= 15 is 0 Å². The highest BCUT2D eigenvalue weighted by Gasteiger charge is 2.13. The van der Waals surface area contributed by atoms with Gasteiger partial charge in [-0.25, -0.2) is 0 Å². The first-order valence-electron chi connectivity index (χ1n) is 10.1. The van der Waals surface area contributed by atoms with Gasteiger partial charge in [0.1, 0.15) is 12.4 Å². The fraction of sp³-hybridized carbons (Fsp3) is 0.120. The molecule has 0 aliphatic rings. The molecular formula is C25H20BrCl2N3O2. The van der Waals surface area contributed by atoms with Gasteiger partial charge in [-0.05, 0) is 55.0 Å². The topological polar surface area (TPSA) is 56.1 Å². The molecule has 4 aromatic rings. The first-order valence-corrected chi connectivity index (χ1v) is 11.7. The monoisotopic (exact) mass is 543 g/mol. The first-order chi connectivity index (χ1) is 15.9. The molecule has 0 unspecified atom stereocenters. The number of anilines is 1. The van der Waals surface area contributed by atoms with Gasteiger partial charge in [0, 0.05) is 37.4 Å². The lowest BCUT2D eigenvalue weighted by molar-refractivity contribution is 0.102. The van der Waals surface area contributed by atoms with Crippen molar-refractivity contribution >= 4 is 50.9 Å². The number of carbonyl (C=O) groups is 1. The SMILES string of the molecule is Cc1cc(NC(=O)c2cccc(COc3cccc(Br)c3)c2)nn1Cc1c(Cl)cccc1Cl. The van der Waals surface area contributed by atoms with Crippen molar-refractivity contribution < 1.29 is 9.53 Å². The van der Waals surface area contributed by atoms with E-state index in [-0.39, 0.29) is 5.91 Å². The van der Waals surface area contributed by atoms with E-state index in [4.69, 9.17) is 27.9 Å². The van der Waals surface area contributed by atoms with E-state index in [1.165, 1.54) is 0 Å². The second-order valence-electron chi connectivity index (χ2n) is 7.43. The Labute approximate surface area is 210 Å². The predicted molar refractivity (Wildman–Crippen MR) is 135 cm³/mol. The van der Waals surface area contributed by atoms with Crippen molar-refractivity contribution in [3.05, 3.63) is 110 Å². The molecule has 0 aliphatic heterocycles. The highest BCUT2D eigenvalue weighted by atomic mass is 79.9. The van der Waals surface area contributed by atoms with Gasteiger partial charge in [0.25, 0.3) is 5.91 Å². The molecular weight excluding hydrogens is 525 g/mol. The van der Waals surface area contributed by atoms with Crippen molar-refractivity contribution in [2.24, 2.45) is 0 Å². The number of ether oxygens (including phenoxy) is 1. The number of aryl methyl sites for hydroxylation is 1. The number of aromatic nitrogens is 2. The summed E-state index contributed by atoms with van der Waals surface area (Å²) in [6, 6.07) is 22.1. The summed E-state index contributed by atoms with van der Waals surface area (Å²) in [7, 11) is 0. The molecule has 0 saturated heterocycles. The summed E-state index contributed by atoms with van der Waals surface area (Å²) in [6.07, 6.45) is 0. The quantitative estimate of drug-likeness (QED) is 0.269. The van der Waals surface area contributed by atoms with Gasteiger partial charge in [-0.2, -0.15) is 5.10 Å². The molecule has 1 aromatic heterocycles. The molecule has 1 amide bonds. The number of carbonyl (C=O) groups excluding carboxylic acids is 1. The highest BCUT2D eigenvalue weighted by molar-refractivity contribution is 9.10. The van der Waals surface area contributed by atoms with Gasteiger partial charge in [-0.1, -0.05) is 63.4 Å². The summed E-state index contributed by atoms with van der Waals surface area (Å²) in [6.45, 7) is 2.67. The van der Waals surface area contributed by atoms with Crippen molar-refractivity contribution in [3.8, 4) is 5.75 Å². The number of hydrogen-bond acceptors (Lipinski definition) is 3. The van der Waals surface area contributed by atoms with E-state index in [1.54, 1.807) is 35.0 Å². The van der Waals surface area contributed by atoms with Crippen LogP contribution in [0.3, 0.4) is 0 Å². The molecule has 0 bridgehead atoms. The minimum atomic E-state index is -0.250. The Morgan fingerprint density at radius 1 is 1.03 bits per heavy atom. The standard InChI is InChI=1S/C25H20BrCl2N3O2/c1-16-11-24(30-31(16)14-21-22(27)9-4-10-23(21)28)29-25(32)18-6-2-5-17(12-18)15-33-20-8-3-7-19(26)13-20/h2-13H,14-15H2,1H3,(H,29,30,32). The van der Waals surface area contributed by atoms with Gasteiger partial charge in [-0.3, -0.25) is 9.48 Å². The smallest absolute Gasteiger partial charge is 0.256 e. The van der Waals surface area contributed by atoms with Gasteiger partial charge in [0.15, 0.2) is 5.82 Å².